The number of carbonyl (C=O) groups excluding carboxylic acids is 2. The summed E-state index contributed by atoms with van der Waals surface area (Å²) >= 11 is 0. The number of hydrogen-bond acceptors (Lipinski definition) is 3. The molecule has 0 aromatic heterocycles. The molecule has 0 saturated heterocycles. The summed E-state index contributed by atoms with van der Waals surface area (Å²) in [6, 6.07) is 5.09. The molecular weight excluding hydrogens is 285 g/mol. The normalized spacial score (nSPS) is 13.8. The SMILES string of the molecule is Nc1cccc2c1C(=O)N(c1cc(F)cc(F)c1F)C2=O. The second kappa shape index (κ2) is 4.34. The predicted octanol–water partition coefficient (Wildman–Crippen LogP) is 2.49. The monoisotopic (exact) mass is 292 g/mol. The lowest BCUT2D eigenvalue weighted by Gasteiger charge is -2.15. The lowest BCUT2D eigenvalue weighted by Crippen LogP contribution is -2.30. The molecule has 2 aromatic carbocycles. The highest BCUT2D eigenvalue weighted by Gasteiger charge is 2.40. The third-order valence-electron chi connectivity index (χ3n) is 3.16. The largest absolute Gasteiger partial charge is 0.398 e. The van der Waals surface area contributed by atoms with Gasteiger partial charge in [-0.25, -0.2) is 18.1 Å². The summed E-state index contributed by atoms with van der Waals surface area (Å²) in [5.41, 5.74) is 4.73. The molecule has 21 heavy (non-hydrogen) atoms. The number of benzene rings is 2. The molecule has 0 atom stereocenters. The molecule has 0 bridgehead atoms. The van der Waals surface area contributed by atoms with Gasteiger partial charge in [0.2, 0.25) is 0 Å². The molecule has 7 heteroatoms. The van der Waals surface area contributed by atoms with Crippen molar-refractivity contribution < 1.29 is 22.8 Å². The first-order valence-corrected chi connectivity index (χ1v) is 5.83. The maximum atomic E-state index is 13.8. The predicted molar refractivity (Wildman–Crippen MR) is 68.3 cm³/mol. The van der Waals surface area contributed by atoms with Gasteiger partial charge < -0.3 is 5.73 Å². The molecule has 2 N–H and O–H groups in total. The number of fused-ring (bicyclic) bond motifs is 1. The standard InChI is InChI=1S/C14H7F3N2O2/c15-6-4-8(16)12(17)10(5-6)19-13(20)7-2-1-3-9(18)11(7)14(19)21/h1-5H,18H2. The van der Waals surface area contributed by atoms with Crippen molar-refractivity contribution in [3.63, 3.8) is 0 Å². The number of halogens is 3. The van der Waals surface area contributed by atoms with Gasteiger partial charge in [-0.2, -0.15) is 0 Å². The van der Waals surface area contributed by atoms with Gasteiger partial charge in [-0.05, 0) is 12.1 Å². The topological polar surface area (TPSA) is 63.4 Å². The van der Waals surface area contributed by atoms with Crippen molar-refractivity contribution in [2.24, 2.45) is 0 Å². The second-order valence-corrected chi connectivity index (χ2v) is 4.44. The van der Waals surface area contributed by atoms with Crippen molar-refractivity contribution in [1.82, 2.24) is 0 Å². The third-order valence-corrected chi connectivity index (χ3v) is 3.16. The fourth-order valence-electron chi connectivity index (χ4n) is 2.24. The van der Waals surface area contributed by atoms with Crippen LogP contribution in [0.4, 0.5) is 24.5 Å². The summed E-state index contributed by atoms with van der Waals surface area (Å²) in [6.07, 6.45) is 0. The van der Waals surface area contributed by atoms with E-state index in [0.29, 0.717) is 17.0 Å². The minimum Gasteiger partial charge on any atom is -0.398 e. The lowest BCUT2D eigenvalue weighted by molar-refractivity contribution is 0.0925. The minimum absolute atomic E-state index is 0.0330. The number of rotatable bonds is 1. The average Bonchev–Trinajstić information content (AvgIpc) is 2.68. The van der Waals surface area contributed by atoms with E-state index in [4.69, 9.17) is 5.73 Å². The van der Waals surface area contributed by atoms with Crippen LogP contribution < -0.4 is 10.6 Å². The quantitative estimate of drug-likeness (QED) is 0.499. The Morgan fingerprint density at radius 1 is 1.00 bits per heavy atom. The highest BCUT2D eigenvalue weighted by atomic mass is 19.2. The van der Waals surface area contributed by atoms with Gasteiger partial charge in [0, 0.05) is 17.8 Å². The van der Waals surface area contributed by atoms with Crippen molar-refractivity contribution in [3.8, 4) is 0 Å². The molecule has 106 valence electrons. The van der Waals surface area contributed by atoms with Crippen LogP contribution in [0.25, 0.3) is 0 Å². The van der Waals surface area contributed by atoms with E-state index in [1.165, 1.54) is 18.2 Å². The second-order valence-electron chi connectivity index (χ2n) is 4.44. The van der Waals surface area contributed by atoms with Crippen molar-refractivity contribution in [2.75, 3.05) is 10.6 Å². The first-order valence-electron chi connectivity index (χ1n) is 5.83. The van der Waals surface area contributed by atoms with Crippen LogP contribution in [0.15, 0.2) is 30.3 Å². The summed E-state index contributed by atoms with van der Waals surface area (Å²) in [5, 5.41) is 0. The van der Waals surface area contributed by atoms with E-state index in [9.17, 15) is 22.8 Å². The van der Waals surface area contributed by atoms with Crippen LogP contribution in [-0.2, 0) is 0 Å². The Labute approximate surface area is 116 Å². The summed E-state index contributed by atoms with van der Waals surface area (Å²) in [5.74, 6) is -5.88. The number of amides is 2. The molecule has 0 unspecified atom stereocenters. The van der Waals surface area contributed by atoms with Gasteiger partial charge in [-0.15, -0.1) is 0 Å². The van der Waals surface area contributed by atoms with E-state index in [1.807, 2.05) is 0 Å². The van der Waals surface area contributed by atoms with Gasteiger partial charge in [0.15, 0.2) is 11.6 Å². The number of carbonyl (C=O) groups is 2. The van der Waals surface area contributed by atoms with Crippen molar-refractivity contribution in [2.45, 2.75) is 0 Å². The summed E-state index contributed by atoms with van der Waals surface area (Å²) in [7, 11) is 0. The van der Waals surface area contributed by atoms with E-state index in [0.717, 1.165) is 0 Å². The van der Waals surface area contributed by atoms with E-state index in [1.54, 1.807) is 0 Å². The number of hydrogen-bond donors (Lipinski definition) is 1. The van der Waals surface area contributed by atoms with Gasteiger partial charge in [-0.1, -0.05) is 6.07 Å². The number of nitrogen functional groups attached to an aromatic ring is 1. The van der Waals surface area contributed by atoms with Crippen molar-refractivity contribution in [3.05, 3.63) is 58.9 Å². The Kier molecular flexibility index (Phi) is 2.72. The summed E-state index contributed by atoms with van der Waals surface area (Å²) in [4.78, 5) is 24.8. The first-order chi connectivity index (χ1) is 9.91. The van der Waals surface area contributed by atoms with Crippen LogP contribution in [0.2, 0.25) is 0 Å². The number of nitrogens with two attached hydrogens (primary N) is 1. The number of nitrogens with zero attached hydrogens (tertiary/aromatic N) is 1. The van der Waals surface area contributed by atoms with Crippen LogP contribution in [0.3, 0.4) is 0 Å². The van der Waals surface area contributed by atoms with Gasteiger partial charge in [0.05, 0.1) is 16.8 Å². The van der Waals surface area contributed by atoms with E-state index in [-0.39, 0.29) is 16.8 Å². The average molecular weight is 292 g/mol. The Morgan fingerprint density at radius 3 is 2.38 bits per heavy atom. The van der Waals surface area contributed by atoms with Gasteiger partial charge in [0.1, 0.15) is 5.82 Å². The molecule has 3 rings (SSSR count). The van der Waals surface area contributed by atoms with Crippen LogP contribution in [0.1, 0.15) is 20.7 Å². The zero-order valence-electron chi connectivity index (χ0n) is 10.4. The van der Waals surface area contributed by atoms with Crippen molar-refractivity contribution in [1.29, 1.82) is 0 Å². The van der Waals surface area contributed by atoms with E-state index >= 15 is 0 Å². The molecule has 0 spiro atoms. The third kappa shape index (κ3) is 1.78. The molecule has 2 amide bonds. The molecule has 1 aliphatic rings. The zero-order valence-corrected chi connectivity index (χ0v) is 10.4. The van der Waals surface area contributed by atoms with E-state index < -0.39 is 35.0 Å². The smallest absolute Gasteiger partial charge is 0.268 e. The van der Waals surface area contributed by atoms with E-state index in [2.05, 4.69) is 0 Å². The maximum absolute atomic E-state index is 13.8. The van der Waals surface area contributed by atoms with Gasteiger partial charge in [-0.3, -0.25) is 9.59 Å². The Bertz CT molecular complexity index is 805. The van der Waals surface area contributed by atoms with Crippen LogP contribution >= 0.6 is 0 Å². The molecule has 2 aromatic rings. The molecule has 4 nitrogen and oxygen atoms in total. The van der Waals surface area contributed by atoms with Crippen LogP contribution in [0, 0.1) is 17.5 Å². The molecule has 0 fully saturated rings. The highest BCUT2D eigenvalue weighted by Crippen LogP contribution is 2.33. The zero-order chi connectivity index (χ0) is 15.3. The van der Waals surface area contributed by atoms with Crippen LogP contribution in [0.5, 0.6) is 0 Å². The number of imide groups is 1. The molecule has 0 radical (unpaired) electrons. The van der Waals surface area contributed by atoms with Gasteiger partial charge >= 0.3 is 0 Å². The fourth-order valence-corrected chi connectivity index (χ4v) is 2.24. The lowest BCUT2D eigenvalue weighted by atomic mass is 10.1. The molecule has 0 saturated carbocycles. The molecular formula is C14H7F3N2O2. The van der Waals surface area contributed by atoms with Gasteiger partial charge in [0.25, 0.3) is 11.8 Å². The Hall–Kier alpha value is -2.83. The maximum Gasteiger partial charge on any atom is 0.268 e. The summed E-state index contributed by atoms with van der Waals surface area (Å²) < 4.78 is 40.3. The number of anilines is 2. The van der Waals surface area contributed by atoms with Crippen molar-refractivity contribution >= 4 is 23.2 Å². The minimum atomic E-state index is -1.49. The Morgan fingerprint density at radius 2 is 1.71 bits per heavy atom. The molecule has 1 heterocycles. The fraction of sp³-hybridized carbons (Fsp3) is 0. The molecule has 1 aliphatic heterocycles. The van der Waals surface area contributed by atoms with Crippen LogP contribution in [-0.4, -0.2) is 11.8 Å². The Balaban J connectivity index is 2.22. The first kappa shape index (κ1) is 13.2. The summed E-state index contributed by atoms with van der Waals surface area (Å²) in [6.45, 7) is 0. The molecule has 0 aliphatic carbocycles. The highest BCUT2D eigenvalue weighted by molar-refractivity contribution is 6.36.